The molecule has 11 heteroatoms. The number of carbonyl (C=O) groups excluding carboxylic acids is 2. The van der Waals surface area contributed by atoms with Crippen LogP contribution in [-0.4, -0.2) is 48.4 Å². The molecule has 1 aliphatic heterocycles. The number of amides is 2. The lowest BCUT2D eigenvalue weighted by atomic mass is 10.1. The third-order valence-electron chi connectivity index (χ3n) is 5.77. The molecule has 196 valence electrons. The van der Waals surface area contributed by atoms with E-state index < -0.39 is 0 Å². The molecule has 1 atom stereocenters. The highest BCUT2D eigenvalue weighted by atomic mass is 35.5. The minimum Gasteiger partial charge on any atom is -0.490 e. The average Bonchev–Trinajstić information content (AvgIpc) is 3.49. The van der Waals surface area contributed by atoms with Gasteiger partial charge in [-0.1, -0.05) is 29.0 Å². The van der Waals surface area contributed by atoms with E-state index in [1.165, 1.54) is 11.3 Å². The molecule has 2 amide bonds. The summed E-state index contributed by atoms with van der Waals surface area (Å²) in [6.07, 6.45) is 0.308. The van der Waals surface area contributed by atoms with E-state index in [1.54, 1.807) is 23.1 Å². The fourth-order valence-electron chi connectivity index (χ4n) is 4.01. The van der Waals surface area contributed by atoms with Crippen LogP contribution in [0.4, 0.5) is 10.8 Å². The van der Waals surface area contributed by atoms with Crippen molar-refractivity contribution in [1.82, 2.24) is 10.2 Å². The van der Waals surface area contributed by atoms with Crippen molar-refractivity contribution in [2.45, 2.75) is 40.0 Å². The van der Waals surface area contributed by atoms with Gasteiger partial charge in [-0.2, -0.15) is 0 Å². The Morgan fingerprint density at radius 2 is 1.76 bits per heavy atom. The van der Waals surface area contributed by atoms with E-state index in [4.69, 9.17) is 25.8 Å². The first kappa shape index (κ1) is 26.7. The van der Waals surface area contributed by atoms with Gasteiger partial charge in [0.1, 0.15) is 5.01 Å². The molecule has 0 spiro atoms. The molecule has 4 rings (SSSR count). The molecule has 3 aromatic rings. The number of anilines is 2. The molecule has 0 radical (unpaired) electrons. The van der Waals surface area contributed by atoms with Crippen LogP contribution in [0.5, 0.6) is 17.2 Å². The number of benzene rings is 2. The number of carbonyl (C=O) groups is 2. The van der Waals surface area contributed by atoms with Crippen LogP contribution < -0.4 is 24.4 Å². The van der Waals surface area contributed by atoms with Gasteiger partial charge < -0.3 is 19.1 Å². The Balaban J connectivity index is 1.49. The minimum atomic E-state index is -0.383. The number of ether oxygens (including phenoxy) is 3. The van der Waals surface area contributed by atoms with E-state index in [0.29, 0.717) is 70.8 Å². The van der Waals surface area contributed by atoms with Crippen molar-refractivity contribution in [1.29, 1.82) is 0 Å². The average molecular weight is 545 g/mol. The zero-order chi connectivity index (χ0) is 26.5. The van der Waals surface area contributed by atoms with Gasteiger partial charge in [0.2, 0.25) is 16.8 Å². The van der Waals surface area contributed by atoms with Crippen LogP contribution in [0.2, 0.25) is 5.02 Å². The van der Waals surface area contributed by atoms with Crippen molar-refractivity contribution in [3.63, 3.8) is 0 Å². The van der Waals surface area contributed by atoms with E-state index >= 15 is 0 Å². The molecule has 2 aromatic carbocycles. The highest BCUT2D eigenvalue weighted by Gasteiger charge is 2.34. The van der Waals surface area contributed by atoms with Crippen LogP contribution in [0.1, 0.15) is 54.0 Å². The SMILES string of the molecule is CCOc1cc(C(=O)Nc2nnc(C3CC(=O)N(c4ccc(C)c(Cl)c4)C3)s2)cc(OCC)c1OCC. The molecule has 0 saturated carbocycles. The van der Waals surface area contributed by atoms with Crippen LogP contribution in [0, 0.1) is 6.92 Å². The van der Waals surface area contributed by atoms with Gasteiger partial charge in [-0.25, -0.2) is 0 Å². The van der Waals surface area contributed by atoms with Crippen LogP contribution >= 0.6 is 22.9 Å². The number of rotatable bonds is 10. The quantitative estimate of drug-likeness (QED) is 0.361. The molecule has 1 unspecified atom stereocenters. The largest absolute Gasteiger partial charge is 0.490 e. The van der Waals surface area contributed by atoms with Crippen LogP contribution in [0.3, 0.4) is 0 Å². The number of nitrogens with one attached hydrogen (secondary N) is 1. The van der Waals surface area contributed by atoms with Gasteiger partial charge in [-0.05, 0) is 57.5 Å². The Hall–Kier alpha value is -3.37. The minimum absolute atomic E-state index is 0.00741. The first-order valence-corrected chi connectivity index (χ1v) is 13.3. The standard InChI is InChI=1S/C26H29ClN4O5S/c1-5-34-20-10-16(11-21(35-6-2)23(20)36-7-3)24(33)28-26-30-29-25(37-26)17-12-22(32)31(14-17)18-9-8-15(4)19(27)13-18/h8-11,13,17H,5-7,12,14H2,1-4H3,(H,28,30,33). The third-order valence-corrected chi connectivity index (χ3v) is 7.18. The number of nitrogens with zero attached hydrogens (tertiary/aromatic N) is 3. The second kappa shape index (κ2) is 11.8. The molecule has 1 aromatic heterocycles. The second-order valence-corrected chi connectivity index (χ2v) is 9.76. The summed E-state index contributed by atoms with van der Waals surface area (Å²) in [5.74, 6) is 0.804. The molecular weight excluding hydrogens is 516 g/mol. The third kappa shape index (κ3) is 5.97. The molecule has 0 aliphatic carbocycles. The highest BCUT2D eigenvalue weighted by Crippen LogP contribution is 2.40. The van der Waals surface area contributed by atoms with Crippen molar-refractivity contribution in [3.8, 4) is 17.2 Å². The summed E-state index contributed by atoms with van der Waals surface area (Å²) in [6.45, 7) is 9.20. The Morgan fingerprint density at radius 1 is 1.08 bits per heavy atom. The maximum Gasteiger partial charge on any atom is 0.257 e. The van der Waals surface area contributed by atoms with E-state index in [2.05, 4.69) is 15.5 Å². The van der Waals surface area contributed by atoms with Gasteiger partial charge in [0, 0.05) is 35.2 Å². The van der Waals surface area contributed by atoms with Gasteiger partial charge in [0.15, 0.2) is 11.5 Å². The lowest BCUT2D eigenvalue weighted by molar-refractivity contribution is -0.117. The highest BCUT2D eigenvalue weighted by molar-refractivity contribution is 7.15. The van der Waals surface area contributed by atoms with Crippen molar-refractivity contribution in [2.75, 3.05) is 36.6 Å². The molecular formula is C26H29ClN4O5S. The zero-order valence-electron chi connectivity index (χ0n) is 21.2. The van der Waals surface area contributed by atoms with Gasteiger partial charge in [0.25, 0.3) is 5.91 Å². The first-order valence-electron chi connectivity index (χ1n) is 12.1. The van der Waals surface area contributed by atoms with Crippen molar-refractivity contribution in [2.24, 2.45) is 0 Å². The van der Waals surface area contributed by atoms with Gasteiger partial charge >= 0.3 is 0 Å². The molecule has 2 heterocycles. The molecule has 0 bridgehead atoms. The summed E-state index contributed by atoms with van der Waals surface area (Å²) in [7, 11) is 0. The molecule has 1 aliphatic rings. The summed E-state index contributed by atoms with van der Waals surface area (Å²) in [6, 6.07) is 8.82. The zero-order valence-corrected chi connectivity index (χ0v) is 22.7. The second-order valence-electron chi connectivity index (χ2n) is 8.34. The number of hydrogen-bond acceptors (Lipinski definition) is 8. The Labute approximate surface area is 224 Å². The molecule has 1 saturated heterocycles. The molecule has 1 N–H and O–H groups in total. The summed E-state index contributed by atoms with van der Waals surface area (Å²) >= 11 is 7.51. The van der Waals surface area contributed by atoms with Gasteiger partial charge in [-0.3, -0.25) is 14.9 Å². The smallest absolute Gasteiger partial charge is 0.257 e. The number of halogens is 1. The summed E-state index contributed by atoms with van der Waals surface area (Å²) in [4.78, 5) is 27.5. The molecule has 1 fully saturated rings. The maximum absolute atomic E-state index is 13.1. The monoisotopic (exact) mass is 544 g/mol. The van der Waals surface area contributed by atoms with Crippen molar-refractivity contribution >= 4 is 45.6 Å². The predicted octanol–water partition coefficient (Wildman–Crippen LogP) is 5.47. The Morgan fingerprint density at radius 3 is 2.38 bits per heavy atom. The molecule has 9 nitrogen and oxygen atoms in total. The maximum atomic E-state index is 13.1. The van der Waals surface area contributed by atoms with Gasteiger partial charge in [-0.15, -0.1) is 10.2 Å². The number of hydrogen-bond donors (Lipinski definition) is 1. The van der Waals surface area contributed by atoms with E-state index in [1.807, 2.05) is 39.8 Å². The van der Waals surface area contributed by atoms with Crippen molar-refractivity contribution in [3.05, 3.63) is 51.5 Å². The predicted molar refractivity (Wildman–Crippen MR) is 144 cm³/mol. The molecule has 37 heavy (non-hydrogen) atoms. The lowest BCUT2D eigenvalue weighted by Crippen LogP contribution is -2.24. The summed E-state index contributed by atoms with van der Waals surface area (Å²) in [5.41, 5.74) is 2.05. The number of aryl methyl sites for hydroxylation is 1. The Kier molecular flexibility index (Phi) is 8.50. The normalized spacial score (nSPS) is 15.1. The van der Waals surface area contributed by atoms with E-state index in [0.717, 1.165) is 11.3 Å². The van der Waals surface area contributed by atoms with E-state index in [9.17, 15) is 9.59 Å². The summed E-state index contributed by atoms with van der Waals surface area (Å²) in [5, 5.41) is 12.8. The van der Waals surface area contributed by atoms with E-state index in [-0.39, 0.29) is 17.7 Å². The Bertz CT molecular complexity index is 1270. The fourth-order valence-corrected chi connectivity index (χ4v) is 5.02. The fraction of sp³-hybridized carbons (Fsp3) is 0.385. The summed E-state index contributed by atoms with van der Waals surface area (Å²) < 4.78 is 17.1. The lowest BCUT2D eigenvalue weighted by Gasteiger charge is -2.17. The van der Waals surface area contributed by atoms with Crippen LogP contribution in [0.15, 0.2) is 30.3 Å². The van der Waals surface area contributed by atoms with Crippen molar-refractivity contribution < 1.29 is 23.8 Å². The van der Waals surface area contributed by atoms with Gasteiger partial charge in [0.05, 0.1) is 19.8 Å². The van der Waals surface area contributed by atoms with Crippen LogP contribution in [0.25, 0.3) is 0 Å². The van der Waals surface area contributed by atoms with Crippen LogP contribution in [-0.2, 0) is 4.79 Å². The number of aromatic nitrogens is 2. The topological polar surface area (TPSA) is 103 Å². The first-order chi connectivity index (χ1) is 17.8.